The second-order valence-electron chi connectivity index (χ2n) is 5.98. The lowest BCUT2D eigenvalue weighted by Gasteiger charge is -2.15. The maximum absolute atomic E-state index is 14.1. The zero-order chi connectivity index (χ0) is 20.6. The van der Waals surface area contributed by atoms with Crippen molar-refractivity contribution in [1.82, 2.24) is 9.97 Å². The number of methoxy groups -OCH3 is 2. The van der Waals surface area contributed by atoms with E-state index in [2.05, 4.69) is 31.2 Å². The summed E-state index contributed by atoms with van der Waals surface area (Å²) in [5.41, 5.74) is 1.14. The Morgan fingerprint density at radius 3 is 2.28 bits per heavy atom. The first-order chi connectivity index (χ1) is 14.1. The highest BCUT2D eigenvalue weighted by Crippen LogP contribution is 2.35. The molecule has 7 nitrogen and oxygen atoms in total. The lowest BCUT2D eigenvalue weighted by atomic mass is 10.2. The van der Waals surface area contributed by atoms with Gasteiger partial charge in [-0.2, -0.15) is 9.37 Å². The zero-order valence-corrected chi connectivity index (χ0v) is 17.7. The average Bonchev–Trinajstić information content (AvgIpc) is 2.69. The molecule has 3 aromatic rings. The molecule has 0 aliphatic carbocycles. The predicted molar refractivity (Wildman–Crippen MR) is 112 cm³/mol. The predicted octanol–water partition coefficient (Wildman–Crippen LogP) is 4.33. The van der Waals surface area contributed by atoms with Crippen molar-refractivity contribution in [3.05, 3.63) is 46.9 Å². The van der Waals surface area contributed by atoms with Gasteiger partial charge in [-0.1, -0.05) is 22.0 Å². The number of rotatable bonds is 10. The molecule has 0 saturated carbocycles. The summed E-state index contributed by atoms with van der Waals surface area (Å²) < 4.78 is 36.6. The highest BCUT2D eigenvalue weighted by molar-refractivity contribution is 9.10. The largest absolute Gasteiger partial charge is 0.487 e. The summed E-state index contributed by atoms with van der Waals surface area (Å²) >= 11 is 3.42. The van der Waals surface area contributed by atoms with Gasteiger partial charge in [0.05, 0.1) is 18.7 Å². The van der Waals surface area contributed by atoms with E-state index in [1.165, 1.54) is 0 Å². The third-order valence-corrected chi connectivity index (χ3v) is 4.40. The Hall–Kier alpha value is -2.49. The van der Waals surface area contributed by atoms with Gasteiger partial charge in [-0.25, -0.2) is 4.98 Å². The molecule has 3 rings (SSSR count). The maximum atomic E-state index is 14.1. The van der Waals surface area contributed by atoms with E-state index in [1.54, 1.807) is 26.4 Å². The molecule has 0 unspecified atom stereocenters. The van der Waals surface area contributed by atoms with E-state index in [9.17, 15) is 4.39 Å². The van der Waals surface area contributed by atoms with Crippen molar-refractivity contribution < 1.29 is 23.3 Å². The fourth-order valence-corrected chi connectivity index (χ4v) is 3.00. The summed E-state index contributed by atoms with van der Waals surface area (Å²) in [4.78, 5) is 7.83. The van der Waals surface area contributed by atoms with Crippen LogP contribution in [0.25, 0.3) is 10.9 Å². The van der Waals surface area contributed by atoms with E-state index in [1.807, 2.05) is 24.3 Å². The van der Waals surface area contributed by atoms with Crippen molar-refractivity contribution >= 4 is 38.3 Å². The number of nitrogens with zero attached hydrogens (tertiary/aromatic N) is 2. The lowest BCUT2D eigenvalue weighted by molar-refractivity contribution is 0.132. The van der Waals surface area contributed by atoms with Crippen LogP contribution in [0.3, 0.4) is 0 Å². The monoisotopic (exact) mass is 464 g/mol. The number of halogens is 2. The Labute approximate surface area is 176 Å². The molecule has 0 radical (unpaired) electrons. The molecule has 154 valence electrons. The van der Waals surface area contributed by atoms with Gasteiger partial charge in [0.15, 0.2) is 11.5 Å². The number of fused-ring (bicyclic) bond motifs is 1. The third-order valence-electron chi connectivity index (χ3n) is 3.91. The van der Waals surface area contributed by atoms with Crippen LogP contribution < -0.4 is 14.8 Å². The number of benzene rings is 2. The van der Waals surface area contributed by atoms with Crippen molar-refractivity contribution in [1.29, 1.82) is 0 Å². The molecule has 1 heterocycles. The number of anilines is 2. The SMILES string of the molecule is COCCOc1cc2nc([18F])nc(Nc3cccc(Br)c3)c2cc1OCCOC. The molecule has 2 aromatic carbocycles. The van der Waals surface area contributed by atoms with Crippen LogP contribution >= 0.6 is 15.9 Å². The van der Waals surface area contributed by atoms with E-state index < -0.39 is 6.08 Å². The van der Waals surface area contributed by atoms with Crippen LogP contribution in [-0.2, 0) is 9.47 Å². The summed E-state index contributed by atoms with van der Waals surface area (Å²) in [6.07, 6.45) is -0.842. The molecular weight excluding hydrogens is 444 g/mol. The van der Waals surface area contributed by atoms with E-state index in [0.717, 1.165) is 10.2 Å². The molecule has 29 heavy (non-hydrogen) atoms. The zero-order valence-electron chi connectivity index (χ0n) is 16.1. The Morgan fingerprint density at radius 2 is 1.62 bits per heavy atom. The Balaban J connectivity index is 2.01. The Bertz CT molecular complexity index is 974. The van der Waals surface area contributed by atoms with Gasteiger partial charge in [0.1, 0.15) is 19.0 Å². The van der Waals surface area contributed by atoms with Gasteiger partial charge in [-0.15, -0.1) is 0 Å². The van der Waals surface area contributed by atoms with Gasteiger partial charge >= 0.3 is 6.08 Å². The van der Waals surface area contributed by atoms with Crippen molar-refractivity contribution in [2.24, 2.45) is 0 Å². The molecule has 0 bridgehead atoms. The van der Waals surface area contributed by atoms with E-state index in [-0.39, 0.29) is 0 Å². The van der Waals surface area contributed by atoms with E-state index in [0.29, 0.717) is 54.6 Å². The second-order valence-corrected chi connectivity index (χ2v) is 6.89. The van der Waals surface area contributed by atoms with Crippen LogP contribution in [0.1, 0.15) is 0 Å². The molecule has 1 aromatic heterocycles. The number of ether oxygens (including phenoxy) is 4. The first-order valence-corrected chi connectivity index (χ1v) is 9.67. The van der Waals surface area contributed by atoms with Gasteiger partial charge in [0.2, 0.25) is 0 Å². The van der Waals surface area contributed by atoms with E-state index >= 15 is 0 Å². The molecule has 0 aliphatic rings. The minimum Gasteiger partial charge on any atom is -0.487 e. The standard InChI is InChI=1S/C20H21BrFN3O4/c1-26-6-8-28-17-11-15-16(12-18(17)29-9-7-27-2)24-20(22)25-19(15)23-14-5-3-4-13(21)10-14/h3-5,10-12H,6-9H2,1-2H3,(H,23,24,25)/i22-1. The van der Waals surface area contributed by atoms with Crippen LogP contribution in [0.15, 0.2) is 40.9 Å². The summed E-state index contributed by atoms with van der Waals surface area (Å²) in [5.74, 6) is 1.25. The molecule has 0 atom stereocenters. The van der Waals surface area contributed by atoms with Crippen LogP contribution in [-0.4, -0.2) is 50.6 Å². The second kappa shape index (κ2) is 10.3. The van der Waals surface area contributed by atoms with Crippen LogP contribution in [0.4, 0.5) is 15.9 Å². The minimum atomic E-state index is -0.842. The summed E-state index contributed by atoms with van der Waals surface area (Å²) in [5, 5.41) is 3.73. The number of hydrogen-bond acceptors (Lipinski definition) is 7. The highest BCUT2D eigenvalue weighted by atomic mass is 79.9. The number of hydrogen-bond donors (Lipinski definition) is 1. The molecule has 1 N–H and O–H groups in total. The van der Waals surface area contributed by atoms with Crippen LogP contribution in [0.2, 0.25) is 0 Å². The summed E-state index contributed by atoms with van der Waals surface area (Å²) in [7, 11) is 3.18. The van der Waals surface area contributed by atoms with Crippen LogP contribution in [0.5, 0.6) is 11.5 Å². The molecule has 0 amide bonds. The molecular formula is C20H21BrFN3O4. The first-order valence-electron chi connectivity index (χ1n) is 8.88. The van der Waals surface area contributed by atoms with Crippen molar-refractivity contribution in [3.63, 3.8) is 0 Å². The molecule has 0 aliphatic heterocycles. The minimum absolute atomic E-state index is 0.319. The summed E-state index contributed by atoms with van der Waals surface area (Å²) in [6, 6.07) is 10.8. The average molecular weight is 465 g/mol. The Morgan fingerprint density at radius 1 is 0.931 bits per heavy atom. The fraction of sp³-hybridized carbons (Fsp3) is 0.300. The van der Waals surface area contributed by atoms with Gasteiger partial charge in [0.25, 0.3) is 0 Å². The van der Waals surface area contributed by atoms with E-state index in [4.69, 9.17) is 18.9 Å². The highest BCUT2D eigenvalue weighted by Gasteiger charge is 2.15. The topological polar surface area (TPSA) is 74.7 Å². The molecule has 0 saturated heterocycles. The first kappa shape index (κ1) is 21.2. The lowest BCUT2D eigenvalue weighted by Crippen LogP contribution is -2.09. The van der Waals surface area contributed by atoms with Crippen molar-refractivity contribution in [2.45, 2.75) is 0 Å². The molecule has 9 heteroatoms. The number of aromatic nitrogens is 2. The van der Waals surface area contributed by atoms with Gasteiger partial charge in [-0.3, -0.25) is 0 Å². The van der Waals surface area contributed by atoms with Crippen molar-refractivity contribution in [3.8, 4) is 11.5 Å². The van der Waals surface area contributed by atoms with Gasteiger partial charge in [0, 0.05) is 35.8 Å². The van der Waals surface area contributed by atoms with Crippen molar-refractivity contribution in [2.75, 3.05) is 46.0 Å². The molecule has 0 fully saturated rings. The third kappa shape index (κ3) is 5.75. The van der Waals surface area contributed by atoms with Gasteiger partial charge in [-0.05, 0) is 24.3 Å². The smallest absolute Gasteiger partial charge is 0.311 e. The van der Waals surface area contributed by atoms with Gasteiger partial charge < -0.3 is 24.3 Å². The quantitative estimate of drug-likeness (QED) is 0.353. The number of nitrogens with one attached hydrogen (secondary N) is 1. The summed E-state index contributed by atoms with van der Waals surface area (Å²) in [6.45, 7) is 1.47. The molecule has 0 spiro atoms. The fourth-order valence-electron chi connectivity index (χ4n) is 2.60. The Kier molecular flexibility index (Phi) is 7.56. The van der Waals surface area contributed by atoms with Crippen LogP contribution in [0, 0.1) is 6.08 Å². The maximum Gasteiger partial charge on any atom is 0.311 e. The normalized spacial score (nSPS) is 10.9.